The molecular formula is C22H22F2N2O3. The van der Waals surface area contributed by atoms with Crippen LogP contribution in [0.5, 0.6) is 0 Å². The lowest BCUT2D eigenvalue weighted by molar-refractivity contribution is -0.126. The number of nitrogens with one attached hydrogen (secondary N) is 1. The van der Waals surface area contributed by atoms with Crippen LogP contribution in [0, 0.1) is 17.6 Å². The van der Waals surface area contributed by atoms with Gasteiger partial charge >= 0.3 is 0 Å². The average molecular weight is 400 g/mol. The minimum absolute atomic E-state index is 0.0358. The Hall–Kier alpha value is -3.09. The molecule has 2 aromatic carbocycles. The van der Waals surface area contributed by atoms with E-state index in [4.69, 9.17) is 0 Å². The van der Waals surface area contributed by atoms with E-state index in [0.29, 0.717) is 5.56 Å². The van der Waals surface area contributed by atoms with E-state index in [-0.39, 0.29) is 23.5 Å². The number of hydrogen-bond acceptors (Lipinski definition) is 3. The zero-order chi connectivity index (χ0) is 21.3. The highest BCUT2D eigenvalue weighted by Gasteiger charge is 2.42. The Morgan fingerprint density at radius 2 is 1.55 bits per heavy atom. The van der Waals surface area contributed by atoms with Gasteiger partial charge in [0.15, 0.2) is 11.6 Å². The second-order valence-electron chi connectivity index (χ2n) is 7.58. The molecule has 1 heterocycles. The molecule has 0 saturated carbocycles. The Labute approximate surface area is 167 Å². The van der Waals surface area contributed by atoms with Gasteiger partial charge in [-0.15, -0.1) is 0 Å². The summed E-state index contributed by atoms with van der Waals surface area (Å²) in [6, 6.07) is 8.18. The molecule has 0 aromatic heterocycles. The molecule has 0 radical (unpaired) electrons. The fraction of sp³-hybridized carbons (Fsp3) is 0.318. The number of nitrogens with zero attached hydrogens (tertiary/aromatic N) is 1. The molecular weight excluding hydrogens is 378 g/mol. The second-order valence-corrected chi connectivity index (χ2v) is 7.58. The van der Waals surface area contributed by atoms with Crippen molar-refractivity contribution in [2.45, 2.75) is 39.3 Å². The molecule has 2 unspecified atom stereocenters. The number of benzene rings is 2. The molecule has 5 nitrogen and oxygen atoms in total. The molecule has 1 aliphatic heterocycles. The van der Waals surface area contributed by atoms with Crippen LogP contribution >= 0.6 is 0 Å². The minimum atomic E-state index is -1.01. The molecule has 3 rings (SSSR count). The van der Waals surface area contributed by atoms with Gasteiger partial charge in [0.1, 0.15) is 6.04 Å². The summed E-state index contributed by atoms with van der Waals surface area (Å²) in [7, 11) is 0. The average Bonchev–Trinajstić information content (AvgIpc) is 2.92. The lowest BCUT2D eigenvalue weighted by Gasteiger charge is -2.28. The van der Waals surface area contributed by atoms with Gasteiger partial charge in [0.05, 0.1) is 17.2 Å². The molecule has 3 amide bonds. The van der Waals surface area contributed by atoms with Crippen LogP contribution in [-0.2, 0) is 4.79 Å². The summed E-state index contributed by atoms with van der Waals surface area (Å²) >= 11 is 0. The maximum absolute atomic E-state index is 13.5. The number of carbonyl (C=O) groups is 3. The molecule has 1 aliphatic rings. The zero-order valence-electron chi connectivity index (χ0n) is 16.4. The van der Waals surface area contributed by atoms with Gasteiger partial charge in [0.2, 0.25) is 5.91 Å². The summed E-state index contributed by atoms with van der Waals surface area (Å²) in [4.78, 5) is 39.6. The SMILES string of the molecule is CC(C)CC(C(=O)NC(C)c1ccc(F)c(F)c1)N1C(=O)c2ccccc2C1=O. The molecule has 0 saturated heterocycles. The van der Waals surface area contributed by atoms with E-state index in [2.05, 4.69) is 5.32 Å². The van der Waals surface area contributed by atoms with Crippen molar-refractivity contribution in [3.05, 3.63) is 70.8 Å². The molecule has 2 aromatic rings. The minimum Gasteiger partial charge on any atom is -0.348 e. The van der Waals surface area contributed by atoms with Crippen LogP contribution in [0.25, 0.3) is 0 Å². The fourth-order valence-corrected chi connectivity index (χ4v) is 3.44. The third-order valence-corrected chi connectivity index (χ3v) is 4.94. The predicted molar refractivity (Wildman–Crippen MR) is 103 cm³/mol. The summed E-state index contributed by atoms with van der Waals surface area (Å²) in [5.41, 5.74) is 0.920. The molecule has 29 heavy (non-hydrogen) atoms. The van der Waals surface area contributed by atoms with Crippen LogP contribution in [0.1, 0.15) is 59.5 Å². The Bertz CT molecular complexity index is 939. The molecule has 1 N–H and O–H groups in total. The largest absolute Gasteiger partial charge is 0.348 e. The number of hydrogen-bond donors (Lipinski definition) is 1. The summed E-state index contributed by atoms with van der Waals surface area (Å²) in [6.07, 6.45) is 0.280. The Morgan fingerprint density at radius 3 is 2.07 bits per heavy atom. The molecule has 7 heteroatoms. The predicted octanol–water partition coefficient (Wildman–Crippen LogP) is 3.85. The molecule has 0 fully saturated rings. The third-order valence-electron chi connectivity index (χ3n) is 4.94. The molecule has 2 atom stereocenters. The van der Waals surface area contributed by atoms with Crippen molar-refractivity contribution in [3.63, 3.8) is 0 Å². The first-order valence-corrected chi connectivity index (χ1v) is 9.43. The first kappa shape index (κ1) is 20.6. The van der Waals surface area contributed by atoms with E-state index in [1.165, 1.54) is 6.07 Å². The zero-order valence-corrected chi connectivity index (χ0v) is 16.4. The summed E-state index contributed by atoms with van der Waals surface area (Å²) < 4.78 is 26.7. The topological polar surface area (TPSA) is 66.5 Å². The van der Waals surface area contributed by atoms with Gasteiger partial charge in [-0.25, -0.2) is 8.78 Å². The number of imide groups is 1. The van der Waals surface area contributed by atoms with E-state index in [0.717, 1.165) is 17.0 Å². The summed E-state index contributed by atoms with van der Waals surface area (Å²) in [5.74, 6) is -3.49. The lowest BCUT2D eigenvalue weighted by atomic mass is 10.0. The summed E-state index contributed by atoms with van der Waals surface area (Å²) in [6.45, 7) is 5.40. The highest BCUT2D eigenvalue weighted by atomic mass is 19.2. The van der Waals surface area contributed by atoms with Crippen molar-refractivity contribution in [3.8, 4) is 0 Å². The normalized spacial score (nSPS) is 15.4. The van der Waals surface area contributed by atoms with Crippen molar-refractivity contribution in [1.29, 1.82) is 0 Å². The van der Waals surface area contributed by atoms with Crippen molar-refractivity contribution < 1.29 is 23.2 Å². The number of fused-ring (bicyclic) bond motifs is 1. The van der Waals surface area contributed by atoms with Crippen LogP contribution < -0.4 is 5.32 Å². The number of rotatable bonds is 6. The van der Waals surface area contributed by atoms with Crippen molar-refractivity contribution in [1.82, 2.24) is 10.2 Å². The maximum atomic E-state index is 13.5. The van der Waals surface area contributed by atoms with Crippen molar-refractivity contribution in [2.75, 3.05) is 0 Å². The van der Waals surface area contributed by atoms with Gasteiger partial charge in [-0.2, -0.15) is 0 Å². The number of amides is 3. The van der Waals surface area contributed by atoms with Gasteiger partial charge in [-0.1, -0.05) is 32.0 Å². The van der Waals surface area contributed by atoms with Crippen LogP contribution in [0.2, 0.25) is 0 Å². The van der Waals surface area contributed by atoms with E-state index in [1.807, 2.05) is 13.8 Å². The molecule has 0 bridgehead atoms. The van der Waals surface area contributed by atoms with Gasteiger partial charge in [0.25, 0.3) is 11.8 Å². The van der Waals surface area contributed by atoms with Crippen molar-refractivity contribution in [2.24, 2.45) is 5.92 Å². The van der Waals surface area contributed by atoms with E-state index in [1.54, 1.807) is 31.2 Å². The number of halogens is 2. The van der Waals surface area contributed by atoms with Crippen molar-refractivity contribution >= 4 is 17.7 Å². The fourth-order valence-electron chi connectivity index (χ4n) is 3.44. The third kappa shape index (κ3) is 4.04. The molecule has 0 spiro atoms. The molecule has 152 valence electrons. The van der Waals surface area contributed by atoms with E-state index < -0.39 is 41.4 Å². The maximum Gasteiger partial charge on any atom is 0.262 e. The van der Waals surface area contributed by atoms with Gasteiger partial charge < -0.3 is 5.32 Å². The Balaban J connectivity index is 1.85. The standard InChI is InChI=1S/C22H22F2N2O3/c1-12(2)10-19(26-21(28)15-6-4-5-7-16(15)22(26)29)20(27)25-13(3)14-8-9-17(23)18(24)11-14/h4-9,11-13,19H,10H2,1-3H3,(H,25,27). The highest BCUT2D eigenvalue weighted by Crippen LogP contribution is 2.27. The Morgan fingerprint density at radius 1 is 0.966 bits per heavy atom. The lowest BCUT2D eigenvalue weighted by Crippen LogP contribution is -2.50. The first-order chi connectivity index (χ1) is 13.7. The highest BCUT2D eigenvalue weighted by molar-refractivity contribution is 6.22. The van der Waals surface area contributed by atoms with Gasteiger partial charge in [0, 0.05) is 0 Å². The van der Waals surface area contributed by atoms with Gasteiger partial charge in [-0.3, -0.25) is 19.3 Å². The van der Waals surface area contributed by atoms with E-state index >= 15 is 0 Å². The van der Waals surface area contributed by atoms with Crippen LogP contribution in [0.4, 0.5) is 8.78 Å². The van der Waals surface area contributed by atoms with E-state index in [9.17, 15) is 23.2 Å². The first-order valence-electron chi connectivity index (χ1n) is 9.43. The van der Waals surface area contributed by atoms with Gasteiger partial charge in [-0.05, 0) is 49.1 Å². The quantitative estimate of drug-likeness (QED) is 0.749. The smallest absolute Gasteiger partial charge is 0.262 e. The second kappa shape index (κ2) is 8.11. The van der Waals surface area contributed by atoms with Crippen LogP contribution in [0.15, 0.2) is 42.5 Å². The Kier molecular flexibility index (Phi) is 5.77. The van der Waals surface area contributed by atoms with Crippen LogP contribution in [0.3, 0.4) is 0 Å². The molecule has 0 aliphatic carbocycles. The summed E-state index contributed by atoms with van der Waals surface area (Å²) in [5, 5.41) is 2.72. The van der Waals surface area contributed by atoms with Crippen LogP contribution in [-0.4, -0.2) is 28.7 Å². The monoisotopic (exact) mass is 400 g/mol. The number of carbonyl (C=O) groups excluding carboxylic acids is 3.